The number of likely N-dealkylation sites (tertiary alicyclic amines) is 1. The van der Waals surface area contributed by atoms with E-state index in [1.807, 2.05) is 12.1 Å². The van der Waals surface area contributed by atoms with E-state index in [4.69, 9.17) is 4.74 Å². The number of H-pyrrole nitrogens is 1. The van der Waals surface area contributed by atoms with Gasteiger partial charge in [0, 0.05) is 17.7 Å². The van der Waals surface area contributed by atoms with Crippen LogP contribution in [0.1, 0.15) is 47.3 Å². The van der Waals surface area contributed by atoms with Gasteiger partial charge in [0.25, 0.3) is 5.91 Å². The molecule has 144 valence electrons. The van der Waals surface area contributed by atoms with Crippen LogP contribution in [0.5, 0.6) is 5.75 Å². The van der Waals surface area contributed by atoms with Gasteiger partial charge in [-0.25, -0.2) is 0 Å². The van der Waals surface area contributed by atoms with Crippen molar-refractivity contribution in [2.24, 2.45) is 0 Å². The molecule has 2 aromatic rings. The number of hydrogen-bond acceptors (Lipinski definition) is 4. The zero-order valence-corrected chi connectivity index (χ0v) is 16.0. The Kier molecular flexibility index (Phi) is 5.43. The van der Waals surface area contributed by atoms with E-state index in [0.29, 0.717) is 12.2 Å². The summed E-state index contributed by atoms with van der Waals surface area (Å²) >= 11 is 0. The number of ether oxygens (including phenoxy) is 1. The number of nitrogens with one attached hydrogen (secondary N) is 2. The van der Waals surface area contributed by atoms with Gasteiger partial charge < -0.3 is 15.0 Å². The highest BCUT2D eigenvalue weighted by Gasteiger charge is 2.25. The second kappa shape index (κ2) is 8.13. The van der Waals surface area contributed by atoms with Gasteiger partial charge in [0.2, 0.25) is 0 Å². The van der Waals surface area contributed by atoms with E-state index in [9.17, 15) is 4.79 Å². The number of nitrogens with zero attached hydrogens (tertiary/aromatic N) is 2. The van der Waals surface area contributed by atoms with Crippen molar-refractivity contribution < 1.29 is 9.53 Å². The maximum absolute atomic E-state index is 12.6. The molecular weight excluding hydrogens is 340 g/mol. The zero-order chi connectivity index (χ0) is 18.6. The highest BCUT2D eigenvalue weighted by Crippen LogP contribution is 2.35. The van der Waals surface area contributed by atoms with Gasteiger partial charge in [-0.05, 0) is 75.5 Å². The van der Waals surface area contributed by atoms with Crippen LogP contribution in [0.2, 0.25) is 0 Å². The van der Waals surface area contributed by atoms with E-state index in [0.717, 1.165) is 48.4 Å². The summed E-state index contributed by atoms with van der Waals surface area (Å²) in [7, 11) is 1.68. The predicted molar refractivity (Wildman–Crippen MR) is 105 cm³/mol. The predicted octanol–water partition coefficient (Wildman–Crippen LogP) is 2.79. The molecule has 1 aliphatic carbocycles. The fourth-order valence-corrected chi connectivity index (χ4v) is 4.19. The average Bonchev–Trinajstić information content (AvgIpc) is 3.16. The molecule has 0 radical (unpaired) electrons. The smallest absolute Gasteiger partial charge is 0.269 e. The number of rotatable bonds is 6. The lowest BCUT2D eigenvalue weighted by molar-refractivity contribution is 0.0945. The van der Waals surface area contributed by atoms with Gasteiger partial charge in [0.05, 0.1) is 12.8 Å². The lowest BCUT2D eigenvalue weighted by atomic mass is 9.89. The molecule has 2 heterocycles. The van der Waals surface area contributed by atoms with Crippen LogP contribution in [-0.2, 0) is 12.8 Å². The number of methoxy groups -OCH3 is 1. The Morgan fingerprint density at radius 3 is 2.93 bits per heavy atom. The van der Waals surface area contributed by atoms with E-state index < -0.39 is 0 Å². The van der Waals surface area contributed by atoms with Crippen molar-refractivity contribution >= 4 is 5.91 Å². The van der Waals surface area contributed by atoms with E-state index in [2.05, 4.69) is 26.5 Å². The molecule has 6 heteroatoms. The van der Waals surface area contributed by atoms with Crippen molar-refractivity contribution in [1.82, 2.24) is 20.4 Å². The molecule has 1 aromatic heterocycles. The second-order valence-corrected chi connectivity index (χ2v) is 7.46. The first-order valence-electron chi connectivity index (χ1n) is 10.0. The maximum atomic E-state index is 12.6. The fraction of sp³-hybridized carbons (Fsp3) is 0.524. The van der Waals surface area contributed by atoms with E-state index in [-0.39, 0.29) is 5.91 Å². The number of amides is 1. The first-order chi connectivity index (χ1) is 13.3. The summed E-state index contributed by atoms with van der Waals surface area (Å²) in [5, 5.41) is 10.5. The van der Waals surface area contributed by atoms with Gasteiger partial charge in [0.15, 0.2) is 0 Å². The molecule has 0 bridgehead atoms. The van der Waals surface area contributed by atoms with E-state index in [1.54, 1.807) is 7.11 Å². The summed E-state index contributed by atoms with van der Waals surface area (Å²) < 4.78 is 5.31. The van der Waals surface area contributed by atoms with E-state index in [1.165, 1.54) is 37.9 Å². The van der Waals surface area contributed by atoms with Crippen LogP contribution in [0.25, 0.3) is 11.3 Å². The number of hydrogen-bond donors (Lipinski definition) is 2. The van der Waals surface area contributed by atoms with Crippen LogP contribution in [0.15, 0.2) is 18.2 Å². The number of aryl methyl sites for hydroxylation is 1. The van der Waals surface area contributed by atoms with Crippen LogP contribution in [-0.4, -0.2) is 54.3 Å². The summed E-state index contributed by atoms with van der Waals surface area (Å²) in [4.78, 5) is 15.1. The quantitative estimate of drug-likeness (QED) is 0.769. The lowest BCUT2D eigenvalue weighted by Crippen LogP contribution is -2.33. The topological polar surface area (TPSA) is 70.2 Å². The van der Waals surface area contributed by atoms with Crippen molar-refractivity contribution in [3.05, 3.63) is 35.0 Å². The Morgan fingerprint density at radius 1 is 1.26 bits per heavy atom. The van der Waals surface area contributed by atoms with Gasteiger partial charge in [-0.1, -0.05) is 6.42 Å². The first kappa shape index (κ1) is 18.0. The summed E-state index contributed by atoms with van der Waals surface area (Å²) in [6, 6.07) is 6.05. The van der Waals surface area contributed by atoms with Crippen molar-refractivity contribution in [1.29, 1.82) is 0 Å². The molecule has 2 aliphatic rings. The normalized spacial score (nSPS) is 16.5. The molecule has 4 rings (SSSR count). The van der Waals surface area contributed by atoms with Gasteiger partial charge >= 0.3 is 0 Å². The molecule has 0 unspecified atom stereocenters. The zero-order valence-electron chi connectivity index (χ0n) is 16.0. The molecule has 27 heavy (non-hydrogen) atoms. The number of aromatic nitrogens is 2. The third-order valence-corrected chi connectivity index (χ3v) is 5.69. The van der Waals surface area contributed by atoms with Gasteiger partial charge in [-0.15, -0.1) is 0 Å². The molecule has 1 aliphatic heterocycles. The molecule has 1 saturated heterocycles. The SMILES string of the molecule is COc1ccc2c(c1)CCc1c-2n[nH]c1C(=O)NCCCN1CCCCC1. The fourth-order valence-electron chi connectivity index (χ4n) is 4.19. The van der Waals surface area contributed by atoms with Crippen LogP contribution in [0.4, 0.5) is 0 Å². The number of benzene rings is 1. The molecule has 1 aromatic carbocycles. The minimum Gasteiger partial charge on any atom is -0.497 e. The molecule has 0 saturated carbocycles. The molecule has 6 nitrogen and oxygen atoms in total. The summed E-state index contributed by atoms with van der Waals surface area (Å²) in [6.07, 6.45) is 6.68. The molecule has 1 amide bonds. The van der Waals surface area contributed by atoms with Crippen molar-refractivity contribution in [3.8, 4) is 17.0 Å². The monoisotopic (exact) mass is 368 g/mol. The first-order valence-corrected chi connectivity index (χ1v) is 10.0. The number of carbonyl (C=O) groups excluding carboxylic acids is 1. The highest BCUT2D eigenvalue weighted by atomic mass is 16.5. The van der Waals surface area contributed by atoms with Gasteiger partial charge in [0.1, 0.15) is 11.4 Å². The molecule has 0 atom stereocenters. The molecule has 1 fully saturated rings. The number of aromatic amines is 1. The van der Waals surface area contributed by atoms with Crippen LogP contribution in [0.3, 0.4) is 0 Å². The highest BCUT2D eigenvalue weighted by molar-refractivity contribution is 5.96. The largest absolute Gasteiger partial charge is 0.497 e. The Balaban J connectivity index is 1.37. The summed E-state index contributed by atoms with van der Waals surface area (Å²) in [5.74, 6) is 0.818. The minimum absolute atomic E-state index is 0.0423. The number of piperidine rings is 1. The van der Waals surface area contributed by atoms with E-state index >= 15 is 0 Å². The molecule has 0 spiro atoms. The minimum atomic E-state index is -0.0423. The van der Waals surface area contributed by atoms with Crippen molar-refractivity contribution in [3.63, 3.8) is 0 Å². The Hall–Kier alpha value is -2.34. The summed E-state index contributed by atoms with van der Waals surface area (Å²) in [6.45, 7) is 4.17. The van der Waals surface area contributed by atoms with Crippen molar-refractivity contribution in [2.75, 3.05) is 33.3 Å². The van der Waals surface area contributed by atoms with Gasteiger partial charge in [-0.2, -0.15) is 5.10 Å². The second-order valence-electron chi connectivity index (χ2n) is 7.46. The third kappa shape index (κ3) is 3.86. The van der Waals surface area contributed by atoms with Crippen molar-refractivity contribution in [2.45, 2.75) is 38.5 Å². The van der Waals surface area contributed by atoms with Gasteiger partial charge in [-0.3, -0.25) is 9.89 Å². The third-order valence-electron chi connectivity index (χ3n) is 5.69. The molecule has 2 N–H and O–H groups in total. The molecular formula is C21H28N4O2. The average molecular weight is 368 g/mol. The maximum Gasteiger partial charge on any atom is 0.269 e. The number of fused-ring (bicyclic) bond motifs is 3. The van der Waals surface area contributed by atoms with Crippen LogP contribution in [0, 0.1) is 0 Å². The Labute approximate surface area is 160 Å². The summed E-state index contributed by atoms with van der Waals surface area (Å²) in [5.41, 5.74) is 4.86. The lowest BCUT2D eigenvalue weighted by Gasteiger charge is -2.26. The Morgan fingerprint density at radius 2 is 2.11 bits per heavy atom. The van der Waals surface area contributed by atoms with Crippen LogP contribution >= 0.6 is 0 Å². The standard InChI is InChI=1S/C21H28N4O2/c1-27-16-7-9-17-15(14-16)6-8-18-19(17)23-24-20(18)21(26)22-10-5-13-25-11-3-2-4-12-25/h7,9,14H,2-6,8,10-13H2,1H3,(H,22,26)(H,23,24). The number of carbonyl (C=O) groups is 1. The Bertz CT molecular complexity index is 809. The van der Waals surface area contributed by atoms with Crippen LogP contribution < -0.4 is 10.1 Å².